The van der Waals surface area contributed by atoms with Gasteiger partial charge in [-0.15, -0.1) is 0 Å². The molecule has 3 rings (SSSR count). The molecule has 0 radical (unpaired) electrons. The van der Waals surface area contributed by atoms with Crippen LogP contribution in [0.5, 0.6) is 11.5 Å². The Morgan fingerprint density at radius 2 is 1.77 bits per heavy atom. The van der Waals surface area contributed by atoms with Crippen molar-refractivity contribution in [3.63, 3.8) is 0 Å². The van der Waals surface area contributed by atoms with Crippen molar-refractivity contribution in [1.82, 2.24) is 5.43 Å². The molecule has 0 saturated carbocycles. The van der Waals surface area contributed by atoms with Gasteiger partial charge in [0.2, 0.25) is 0 Å². The fourth-order valence-electron chi connectivity index (χ4n) is 2.63. The number of rotatable bonds is 6. The van der Waals surface area contributed by atoms with E-state index in [4.69, 9.17) is 9.47 Å². The number of hydrazone groups is 1. The minimum absolute atomic E-state index is 0.323. The number of esters is 1. The molecule has 152 valence electrons. The summed E-state index contributed by atoms with van der Waals surface area (Å²) < 4.78 is 11.4. The number of benzene rings is 3. The van der Waals surface area contributed by atoms with E-state index in [-0.39, 0.29) is 0 Å². The SMILES string of the molecule is COc1cccc(C(=O)N/N=C/c2cc(Br)ccc2OC(=O)c2cccc(C)c2)c1. The predicted molar refractivity (Wildman–Crippen MR) is 118 cm³/mol. The average Bonchev–Trinajstić information content (AvgIpc) is 2.75. The average molecular weight is 467 g/mol. The molecular formula is C23H19BrN2O4. The highest BCUT2D eigenvalue weighted by molar-refractivity contribution is 9.10. The van der Waals surface area contributed by atoms with Crippen LogP contribution >= 0.6 is 15.9 Å². The molecule has 0 bridgehead atoms. The van der Waals surface area contributed by atoms with Crippen LogP contribution in [0.2, 0.25) is 0 Å². The van der Waals surface area contributed by atoms with Gasteiger partial charge in [-0.2, -0.15) is 5.10 Å². The van der Waals surface area contributed by atoms with Crippen molar-refractivity contribution in [2.24, 2.45) is 5.10 Å². The molecule has 0 saturated heterocycles. The molecule has 3 aromatic rings. The highest BCUT2D eigenvalue weighted by atomic mass is 79.9. The molecule has 0 unspecified atom stereocenters. The first-order valence-corrected chi connectivity index (χ1v) is 9.81. The Morgan fingerprint density at radius 1 is 1.00 bits per heavy atom. The first-order valence-electron chi connectivity index (χ1n) is 9.02. The lowest BCUT2D eigenvalue weighted by molar-refractivity contribution is 0.0734. The van der Waals surface area contributed by atoms with Gasteiger partial charge in [0, 0.05) is 15.6 Å². The third-order valence-corrected chi connectivity index (χ3v) is 4.62. The Morgan fingerprint density at radius 3 is 2.53 bits per heavy atom. The Kier molecular flexibility index (Phi) is 6.98. The highest BCUT2D eigenvalue weighted by Crippen LogP contribution is 2.23. The van der Waals surface area contributed by atoms with Gasteiger partial charge in [-0.05, 0) is 55.5 Å². The van der Waals surface area contributed by atoms with Crippen LogP contribution in [0.3, 0.4) is 0 Å². The second kappa shape index (κ2) is 9.84. The Bertz CT molecular complexity index is 1110. The Balaban J connectivity index is 1.74. The van der Waals surface area contributed by atoms with Crippen LogP contribution in [0.25, 0.3) is 0 Å². The molecule has 6 nitrogen and oxygen atoms in total. The van der Waals surface area contributed by atoms with Gasteiger partial charge < -0.3 is 9.47 Å². The number of amides is 1. The monoisotopic (exact) mass is 466 g/mol. The number of hydrogen-bond acceptors (Lipinski definition) is 5. The fraction of sp³-hybridized carbons (Fsp3) is 0.0870. The molecule has 30 heavy (non-hydrogen) atoms. The molecule has 0 aromatic heterocycles. The van der Waals surface area contributed by atoms with Crippen molar-refractivity contribution in [3.8, 4) is 11.5 Å². The zero-order chi connectivity index (χ0) is 21.5. The summed E-state index contributed by atoms with van der Waals surface area (Å²) >= 11 is 3.39. The summed E-state index contributed by atoms with van der Waals surface area (Å²) in [5, 5.41) is 3.99. The van der Waals surface area contributed by atoms with Crippen LogP contribution in [-0.2, 0) is 0 Å². The van der Waals surface area contributed by atoms with E-state index in [1.165, 1.54) is 13.3 Å². The molecule has 7 heteroatoms. The van der Waals surface area contributed by atoms with Crippen molar-refractivity contribution in [3.05, 3.63) is 93.5 Å². The minimum atomic E-state index is -0.476. The number of hydrogen-bond donors (Lipinski definition) is 1. The molecular weight excluding hydrogens is 448 g/mol. The summed E-state index contributed by atoms with van der Waals surface area (Å²) in [4.78, 5) is 24.7. The van der Waals surface area contributed by atoms with E-state index >= 15 is 0 Å². The second-order valence-corrected chi connectivity index (χ2v) is 7.29. The predicted octanol–water partition coefficient (Wildman–Crippen LogP) is 4.75. The fourth-order valence-corrected chi connectivity index (χ4v) is 3.01. The molecule has 0 aliphatic rings. The normalized spacial score (nSPS) is 10.6. The molecule has 0 heterocycles. The van der Waals surface area contributed by atoms with Crippen molar-refractivity contribution in [2.75, 3.05) is 7.11 Å². The summed E-state index contributed by atoms with van der Waals surface area (Å²) in [7, 11) is 1.53. The largest absolute Gasteiger partial charge is 0.497 e. The molecule has 0 fully saturated rings. The quantitative estimate of drug-likeness (QED) is 0.246. The van der Waals surface area contributed by atoms with Crippen LogP contribution in [0.4, 0.5) is 0 Å². The van der Waals surface area contributed by atoms with Gasteiger partial charge >= 0.3 is 5.97 Å². The maximum Gasteiger partial charge on any atom is 0.343 e. The van der Waals surface area contributed by atoms with Crippen LogP contribution < -0.4 is 14.9 Å². The van der Waals surface area contributed by atoms with Gasteiger partial charge in [-0.25, -0.2) is 10.2 Å². The number of methoxy groups -OCH3 is 1. The van der Waals surface area contributed by atoms with Crippen LogP contribution in [-0.4, -0.2) is 25.2 Å². The lowest BCUT2D eigenvalue weighted by Gasteiger charge is -2.08. The summed E-state index contributed by atoms with van der Waals surface area (Å²) in [6.07, 6.45) is 1.42. The molecule has 1 amide bonds. The van der Waals surface area contributed by atoms with E-state index < -0.39 is 11.9 Å². The molecule has 0 aliphatic carbocycles. The molecule has 1 N–H and O–H groups in total. The van der Waals surface area contributed by atoms with Gasteiger partial charge in [0.25, 0.3) is 5.91 Å². The number of ether oxygens (including phenoxy) is 2. The minimum Gasteiger partial charge on any atom is -0.497 e. The second-order valence-electron chi connectivity index (χ2n) is 6.37. The van der Waals surface area contributed by atoms with Crippen molar-refractivity contribution in [2.45, 2.75) is 6.92 Å². The van der Waals surface area contributed by atoms with Crippen LogP contribution in [0.1, 0.15) is 31.8 Å². The summed E-state index contributed by atoms with van der Waals surface area (Å²) in [5.74, 6) is 0.0302. The van der Waals surface area contributed by atoms with Crippen molar-refractivity contribution < 1.29 is 19.1 Å². The van der Waals surface area contributed by atoms with Gasteiger partial charge in [0.1, 0.15) is 11.5 Å². The smallest absolute Gasteiger partial charge is 0.343 e. The lowest BCUT2D eigenvalue weighted by Crippen LogP contribution is -2.17. The van der Waals surface area contributed by atoms with Gasteiger partial charge in [-0.1, -0.05) is 39.7 Å². The number of halogens is 1. The molecule has 3 aromatic carbocycles. The van der Waals surface area contributed by atoms with Gasteiger partial charge in [-0.3, -0.25) is 4.79 Å². The van der Waals surface area contributed by atoms with E-state index in [0.717, 1.165) is 10.0 Å². The Hall–Kier alpha value is -3.45. The number of nitrogens with zero attached hydrogens (tertiary/aromatic N) is 1. The third kappa shape index (κ3) is 5.55. The Labute approximate surface area is 182 Å². The summed E-state index contributed by atoms with van der Waals surface area (Å²) in [6, 6.07) is 19.0. The molecule has 0 spiro atoms. The lowest BCUT2D eigenvalue weighted by atomic mass is 10.1. The van der Waals surface area contributed by atoms with E-state index in [9.17, 15) is 9.59 Å². The number of carbonyl (C=O) groups excluding carboxylic acids is 2. The summed E-state index contributed by atoms with van der Waals surface area (Å²) in [5.41, 5.74) is 4.80. The van der Waals surface area contributed by atoms with Gasteiger partial charge in [0.15, 0.2) is 0 Å². The standard InChI is InChI=1S/C23H19BrN2O4/c1-15-5-3-7-17(11-15)23(28)30-21-10-9-19(24)12-18(21)14-25-26-22(27)16-6-4-8-20(13-16)29-2/h3-14H,1-2H3,(H,26,27)/b25-14+. The molecule has 0 atom stereocenters. The topological polar surface area (TPSA) is 77.0 Å². The summed E-state index contributed by atoms with van der Waals surface area (Å²) in [6.45, 7) is 1.90. The van der Waals surface area contributed by atoms with E-state index in [1.54, 1.807) is 60.7 Å². The zero-order valence-electron chi connectivity index (χ0n) is 16.4. The number of nitrogens with one attached hydrogen (secondary N) is 1. The van der Waals surface area contributed by atoms with Crippen molar-refractivity contribution >= 4 is 34.0 Å². The van der Waals surface area contributed by atoms with E-state index in [2.05, 4.69) is 26.5 Å². The van der Waals surface area contributed by atoms with Crippen LogP contribution in [0, 0.1) is 6.92 Å². The third-order valence-electron chi connectivity index (χ3n) is 4.13. The zero-order valence-corrected chi connectivity index (χ0v) is 18.0. The molecule has 0 aliphatic heterocycles. The maximum atomic E-state index is 12.5. The highest BCUT2D eigenvalue weighted by Gasteiger charge is 2.12. The van der Waals surface area contributed by atoms with E-state index in [0.29, 0.717) is 28.2 Å². The maximum absolute atomic E-state index is 12.5. The first-order chi connectivity index (χ1) is 14.5. The first kappa shape index (κ1) is 21.3. The number of carbonyl (C=O) groups is 2. The van der Waals surface area contributed by atoms with E-state index in [1.807, 2.05) is 13.0 Å². The van der Waals surface area contributed by atoms with Crippen molar-refractivity contribution in [1.29, 1.82) is 0 Å². The number of aryl methyl sites for hydroxylation is 1. The van der Waals surface area contributed by atoms with Gasteiger partial charge in [0.05, 0.1) is 18.9 Å². The van der Waals surface area contributed by atoms with Crippen LogP contribution in [0.15, 0.2) is 76.3 Å².